The van der Waals surface area contributed by atoms with Crippen LogP contribution in [0.5, 0.6) is 0 Å². The van der Waals surface area contributed by atoms with Crippen LogP contribution in [0.15, 0.2) is 61.1 Å². The molecule has 1 aliphatic rings. The van der Waals surface area contributed by atoms with E-state index in [-0.39, 0.29) is 11.7 Å². The van der Waals surface area contributed by atoms with Gasteiger partial charge in [-0.05, 0) is 43.0 Å². The zero-order chi connectivity index (χ0) is 22.1. The molecule has 1 fully saturated rings. The van der Waals surface area contributed by atoms with Gasteiger partial charge in [0.05, 0.1) is 18.1 Å². The fourth-order valence-corrected chi connectivity index (χ4v) is 4.71. The fraction of sp³-hybridized carbons (Fsp3) is 0.269. The topological polar surface area (TPSA) is 59.3 Å². The standard InChI is InChI=1S/C26H25FN4O/c1-17-20(22-10-5-6-13-23(22)27)11-7-12-21(17)25(32)30-19-14-28-26-29-15-24(31(26)16-19)18-8-3-2-4-9-18/h5-7,10-16,18H,2-4,8-9H2,1H3,(H,30,32). The zero-order valence-corrected chi connectivity index (χ0v) is 18.0. The molecule has 1 amide bonds. The SMILES string of the molecule is Cc1c(C(=O)Nc2cnc3ncc(C4CCCCC4)n3c2)cccc1-c1ccccc1F. The molecule has 0 aliphatic heterocycles. The Balaban J connectivity index is 1.44. The van der Waals surface area contributed by atoms with Gasteiger partial charge in [0.1, 0.15) is 5.82 Å². The van der Waals surface area contributed by atoms with Crippen molar-refractivity contribution < 1.29 is 9.18 Å². The molecule has 0 saturated heterocycles. The van der Waals surface area contributed by atoms with Gasteiger partial charge in [-0.15, -0.1) is 0 Å². The van der Waals surface area contributed by atoms with Crippen LogP contribution in [0.3, 0.4) is 0 Å². The van der Waals surface area contributed by atoms with Crippen LogP contribution in [0.1, 0.15) is 59.6 Å². The number of halogens is 1. The average molecular weight is 429 g/mol. The minimum atomic E-state index is -0.307. The highest BCUT2D eigenvalue weighted by Crippen LogP contribution is 2.33. The largest absolute Gasteiger partial charge is 0.319 e. The maximum absolute atomic E-state index is 14.3. The summed E-state index contributed by atoms with van der Waals surface area (Å²) in [6, 6.07) is 12.0. The summed E-state index contributed by atoms with van der Waals surface area (Å²) < 4.78 is 16.3. The lowest BCUT2D eigenvalue weighted by Gasteiger charge is -2.21. The molecule has 2 aromatic carbocycles. The molecule has 0 radical (unpaired) electrons. The Labute approximate surface area is 186 Å². The first-order valence-corrected chi connectivity index (χ1v) is 11.1. The molecule has 0 bridgehead atoms. The number of amides is 1. The van der Waals surface area contributed by atoms with Crippen molar-refractivity contribution in [1.29, 1.82) is 0 Å². The molecule has 5 nitrogen and oxygen atoms in total. The fourth-order valence-electron chi connectivity index (χ4n) is 4.71. The highest BCUT2D eigenvalue weighted by molar-refractivity contribution is 6.06. The summed E-state index contributed by atoms with van der Waals surface area (Å²) in [7, 11) is 0. The first kappa shape index (κ1) is 20.4. The van der Waals surface area contributed by atoms with E-state index in [0.717, 1.165) is 24.1 Å². The second-order valence-corrected chi connectivity index (χ2v) is 8.44. The number of nitrogens with one attached hydrogen (secondary N) is 1. The molecule has 5 rings (SSSR count). The summed E-state index contributed by atoms with van der Waals surface area (Å²) in [5, 5.41) is 2.96. The molecule has 1 aliphatic carbocycles. The Morgan fingerprint density at radius 2 is 1.75 bits per heavy atom. The smallest absolute Gasteiger partial charge is 0.256 e. The molecule has 2 heterocycles. The number of carbonyl (C=O) groups is 1. The molecule has 32 heavy (non-hydrogen) atoms. The minimum absolute atomic E-state index is 0.249. The first-order valence-electron chi connectivity index (χ1n) is 11.1. The monoisotopic (exact) mass is 428 g/mol. The highest BCUT2D eigenvalue weighted by Gasteiger charge is 2.20. The second-order valence-electron chi connectivity index (χ2n) is 8.44. The highest BCUT2D eigenvalue weighted by atomic mass is 19.1. The van der Waals surface area contributed by atoms with Gasteiger partial charge >= 0.3 is 0 Å². The number of rotatable bonds is 4. The van der Waals surface area contributed by atoms with Crippen LogP contribution in [-0.2, 0) is 0 Å². The molecule has 1 N–H and O–H groups in total. The van der Waals surface area contributed by atoms with Gasteiger partial charge in [0.25, 0.3) is 5.91 Å². The number of imidazole rings is 1. The Bertz CT molecular complexity index is 1290. The number of fused-ring (bicyclic) bond motifs is 1. The van der Waals surface area contributed by atoms with E-state index in [9.17, 15) is 9.18 Å². The molecular weight excluding hydrogens is 403 g/mol. The molecule has 6 heteroatoms. The molecular formula is C26H25FN4O. The van der Waals surface area contributed by atoms with Crippen LogP contribution in [0, 0.1) is 12.7 Å². The van der Waals surface area contributed by atoms with Crippen molar-refractivity contribution >= 4 is 17.4 Å². The van der Waals surface area contributed by atoms with Crippen LogP contribution in [-0.4, -0.2) is 20.3 Å². The Kier molecular flexibility index (Phi) is 5.43. The van der Waals surface area contributed by atoms with Crippen molar-refractivity contribution in [1.82, 2.24) is 14.4 Å². The van der Waals surface area contributed by atoms with Crippen molar-refractivity contribution in [3.63, 3.8) is 0 Å². The Hall–Kier alpha value is -3.54. The zero-order valence-electron chi connectivity index (χ0n) is 18.0. The van der Waals surface area contributed by atoms with Crippen LogP contribution in [0.25, 0.3) is 16.9 Å². The van der Waals surface area contributed by atoms with E-state index in [1.807, 2.05) is 29.8 Å². The van der Waals surface area contributed by atoms with Crippen LogP contribution < -0.4 is 5.32 Å². The Morgan fingerprint density at radius 3 is 2.56 bits per heavy atom. The van der Waals surface area contributed by atoms with E-state index in [1.54, 1.807) is 36.5 Å². The second kappa shape index (κ2) is 8.54. The van der Waals surface area contributed by atoms with Crippen molar-refractivity contribution in [2.24, 2.45) is 0 Å². The third-order valence-corrected chi connectivity index (χ3v) is 6.42. The van der Waals surface area contributed by atoms with Gasteiger partial charge in [-0.3, -0.25) is 9.20 Å². The van der Waals surface area contributed by atoms with Gasteiger partial charge < -0.3 is 5.32 Å². The normalized spacial score (nSPS) is 14.6. The van der Waals surface area contributed by atoms with E-state index < -0.39 is 0 Å². The van der Waals surface area contributed by atoms with Crippen LogP contribution in [0.4, 0.5) is 10.1 Å². The van der Waals surface area contributed by atoms with Gasteiger partial charge in [0.2, 0.25) is 5.78 Å². The third kappa shape index (κ3) is 3.77. The maximum Gasteiger partial charge on any atom is 0.256 e. The number of nitrogens with zero attached hydrogens (tertiary/aromatic N) is 3. The van der Waals surface area contributed by atoms with E-state index in [0.29, 0.717) is 34.1 Å². The molecule has 0 atom stereocenters. The molecule has 1 saturated carbocycles. The summed E-state index contributed by atoms with van der Waals surface area (Å²) in [4.78, 5) is 22.0. The van der Waals surface area contributed by atoms with Crippen LogP contribution >= 0.6 is 0 Å². The Morgan fingerprint density at radius 1 is 1.00 bits per heavy atom. The predicted octanol–water partition coefficient (Wildman–Crippen LogP) is 6.14. The maximum atomic E-state index is 14.3. The number of carbonyl (C=O) groups excluding carboxylic acids is 1. The molecule has 0 spiro atoms. The molecule has 2 aromatic heterocycles. The molecule has 162 valence electrons. The number of anilines is 1. The van der Waals surface area contributed by atoms with Crippen LogP contribution in [0.2, 0.25) is 0 Å². The number of hydrogen-bond donors (Lipinski definition) is 1. The minimum Gasteiger partial charge on any atom is -0.319 e. The van der Waals surface area contributed by atoms with Gasteiger partial charge in [-0.1, -0.05) is 49.6 Å². The van der Waals surface area contributed by atoms with E-state index in [2.05, 4.69) is 15.3 Å². The van der Waals surface area contributed by atoms with Gasteiger partial charge in [-0.2, -0.15) is 0 Å². The molecule has 4 aromatic rings. The van der Waals surface area contributed by atoms with Crippen molar-refractivity contribution in [3.05, 3.63) is 83.7 Å². The number of benzene rings is 2. The van der Waals surface area contributed by atoms with E-state index in [4.69, 9.17) is 0 Å². The predicted molar refractivity (Wildman–Crippen MR) is 123 cm³/mol. The first-order chi connectivity index (χ1) is 15.6. The van der Waals surface area contributed by atoms with E-state index >= 15 is 0 Å². The van der Waals surface area contributed by atoms with Crippen molar-refractivity contribution in [2.75, 3.05) is 5.32 Å². The van der Waals surface area contributed by atoms with Crippen molar-refractivity contribution in [2.45, 2.75) is 44.9 Å². The lowest BCUT2D eigenvalue weighted by molar-refractivity contribution is 0.102. The van der Waals surface area contributed by atoms with Gasteiger partial charge in [0.15, 0.2) is 0 Å². The quantitative estimate of drug-likeness (QED) is 0.424. The summed E-state index contributed by atoms with van der Waals surface area (Å²) >= 11 is 0. The third-order valence-electron chi connectivity index (χ3n) is 6.42. The average Bonchev–Trinajstić information content (AvgIpc) is 3.24. The van der Waals surface area contributed by atoms with Gasteiger partial charge in [0, 0.05) is 28.9 Å². The van der Waals surface area contributed by atoms with Crippen molar-refractivity contribution in [3.8, 4) is 11.1 Å². The number of aromatic nitrogens is 3. The summed E-state index contributed by atoms with van der Waals surface area (Å²) in [6.45, 7) is 1.84. The van der Waals surface area contributed by atoms with E-state index in [1.165, 1.54) is 25.3 Å². The summed E-state index contributed by atoms with van der Waals surface area (Å²) in [5.74, 6) is 0.562. The lowest BCUT2D eigenvalue weighted by Crippen LogP contribution is -2.15. The number of hydrogen-bond acceptors (Lipinski definition) is 3. The lowest BCUT2D eigenvalue weighted by atomic mass is 9.87. The summed E-state index contributed by atoms with van der Waals surface area (Å²) in [5.41, 5.74) is 4.18. The van der Waals surface area contributed by atoms with Gasteiger partial charge in [-0.25, -0.2) is 14.4 Å². The molecule has 0 unspecified atom stereocenters. The summed E-state index contributed by atoms with van der Waals surface area (Å²) in [6.07, 6.45) is 11.5.